The monoisotopic (exact) mass is 346 g/mol. The standard InChI is InChI=1S/C22H22N2O2/c1-17(25)24-14-11-19-7-8-21(26-16-18-5-3-2-4-6-18)15-22(19)20-9-12-23-13-10-20/h2-10,12-13,15H,11,14,16H2,1H3,(H,24,25). The number of carbonyl (C=O) groups excluding carboxylic acids is 1. The molecule has 0 bridgehead atoms. The summed E-state index contributed by atoms with van der Waals surface area (Å²) in [5.41, 5.74) is 4.48. The van der Waals surface area contributed by atoms with E-state index in [1.807, 2.05) is 48.5 Å². The molecule has 0 fully saturated rings. The van der Waals surface area contributed by atoms with Crippen molar-refractivity contribution in [3.63, 3.8) is 0 Å². The molecule has 132 valence electrons. The molecule has 3 rings (SSSR count). The number of ether oxygens (including phenoxy) is 1. The predicted molar refractivity (Wildman–Crippen MR) is 103 cm³/mol. The van der Waals surface area contributed by atoms with Crippen LogP contribution in [0.4, 0.5) is 0 Å². The third kappa shape index (κ3) is 4.93. The van der Waals surface area contributed by atoms with E-state index in [1.54, 1.807) is 12.4 Å². The average Bonchev–Trinajstić information content (AvgIpc) is 2.68. The van der Waals surface area contributed by atoms with Gasteiger partial charge in [0.05, 0.1) is 0 Å². The summed E-state index contributed by atoms with van der Waals surface area (Å²) >= 11 is 0. The smallest absolute Gasteiger partial charge is 0.216 e. The van der Waals surface area contributed by atoms with E-state index in [4.69, 9.17) is 4.74 Å². The van der Waals surface area contributed by atoms with Crippen molar-refractivity contribution >= 4 is 5.91 Å². The van der Waals surface area contributed by atoms with Crippen molar-refractivity contribution in [3.05, 3.63) is 84.2 Å². The zero-order chi connectivity index (χ0) is 18.2. The first-order valence-electron chi connectivity index (χ1n) is 8.67. The van der Waals surface area contributed by atoms with Crippen LogP contribution in [0.3, 0.4) is 0 Å². The largest absolute Gasteiger partial charge is 0.489 e. The molecule has 0 saturated heterocycles. The van der Waals surface area contributed by atoms with Crippen LogP contribution < -0.4 is 10.1 Å². The molecule has 0 unspecified atom stereocenters. The topological polar surface area (TPSA) is 51.2 Å². The van der Waals surface area contributed by atoms with E-state index in [0.717, 1.165) is 34.4 Å². The van der Waals surface area contributed by atoms with Crippen LogP contribution in [0.2, 0.25) is 0 Å². The third-order valence-corrected chi connectivity index (χ3v) is 4.09. The maximum Gasteiger partial charge on any atom is 0.216 e. The van der Waals surface area contributed by atoms with E-state index < -0.39 is 0 Å². The van der Waals surface area contributed by atoms with Crippen LogP contribution in [0, 0.1) is 0 Å². The van der Waals surface area contributed by atoms with Crippen LogP contribution in [-0.4, -0.2) is 17.4 Å². The highest BCUT2D eigenvalue weighted by Gasteiger charge is 2.08. The summed E-state index contributed by atoms with van der Waals surface area (Å²) < 4.78 is 5.97. The van der Waals surface area contributed by atoms with Gasteiger partial charge in [-0.1, -0.05) is 36.4 Å². The van der Waals surface area contributed by atoms with Gasteiger partial charge >= 0.3 is 0 Å². The van der Waals surface area contributed by atoms with Crippen molar-refractivity contribution in [1.29, 1.82) is 0 Å². The molecule has 26 heavy (non-hydrogen) atoms. The van der Waals surface area contributed by atoms with Gasteiger partial charge in [0.25, 0.3) is 0 Å². The Hall–Kier alpha value is -3.14. The van der Waals surface area contributed by atoms with Gasteiger partial charge < -0.3 is 10.1 Å². The number of pyridine rings is 1. The molecule has 0 radical (unpaired) electrons. The number of nitrogens with one attached hydrogen (secondary N) is 1. The quantitative estimate of drug-likeness (QED) is 0.703. The fourth-order valence-corrected chi connectivity index (χ4v) is 2.78. The molecule has 0 aliphatic heterocycles. The maximum absolute atomic E-state index is 11.1. The SMILES string of the molecule is CC(=O)NCCc1ccc(OCc2ccccc2)cc1-c1ccncc1. The molecule has 1 amide bonds. The minimum atomic E-state index is -0.0155. The molecule has 0 spiro atoms. The zero-order valence-electron chi connectivity index (χ0n) is 14.8. The first kappa shape index (κ1) is 17.7. The molecule has 3 aromatic rings. The fourth-order valence-electron chi connectivity index (χ4n) is 2.78. The molecule has 4 nitrogen and oxygen atoms in total. The van der Waals surface area contributed by atoms with Crippen molar-refractivity contribution in [1.82, 2.24) is 10.3 Å². The van der Waals surface area contributed by atoms with Crippen LogP contribution in [0.15, 0.2) is 73.1 Å². The number of hydrogen-bond acceptors (Lipinski definition) is 3. The molecule has 1 heterocycles. The third-order valence-electron chi connectivity index (χ3n) is 4.09. The van der Waals surface area contributed by atoms with Crippen molar-refractivity contribution in [3.8, 4) is 16.9 Å². The number of hydrogen-bond donors (Lipinski definition) is 1. The second kappa shape index (κ2) is 8.81. The number of amides is 1. The highest BCUT2D eigenvalue weighted by atomic mass is 16.5. The number of aromatic nitrogens is 1. The lowest BCUT2D eigenvalue weighted by Crippen LogP contribution is -2.22. The number of carbonyl (C=O) groups is 1. The molecule has 0 aliphatic rings. The first-order chi connectivity index (χ1) is 12.7. The predicted octanol–water partition coefficient (Wildman–Crippen LogP) is 4.01. The second-order valence-corrected chi connectivity index (χ2v) is 6.06. The van der Waals surface area contributed by atoms with Gasteiger partial charge in [0.15, 0.2) is 0 Å². The van der Waals surface area contributed by atoms with Crippen LogP contribution >= 0.6 is 0 Å². The van der Waals surface area contributed by atoms with Gasteiger partial charge in [-0.2, -0.15) is 0 Å². The minimum Gasteiger partial charge on any atom is -0.489 e. The van der Waals surface area contributed by atoms with Crippen molar-refractivity contribution in [2.75, 3.05) is 6.54 Å². The number of rotatable bonds is 7. The summed E-state index contributed by atoms with van der Waals surface area (Å²) in [7, 11) is 0. The highest BCUT2D eigenvalue weighted by Crippen LogP contribution is 2.28. The summed E-state index contributed by atoms with van der Waals surface area (Å²) in [5.74, 6) is 0.808. The zero-order valence-corrected chi connectivity index (χ0v) is 14.8. The Bertz CT molecular complexity index is 849. The molecule has 0 saturated carbocycles. The minimum absolute atomic E-state index is 0.0155. The normalized spacial score (nSPS) is 10.3. The second-order valence-electron chi connectivity index (χ2n) is 6.06. The van der Waals surface area contributed by atoms with Gasteiger partial charge in [0.2, 0.25) is 5.91 Å². The van der Waals surface area contributed by atoms with E-state index in [9.17, 15) is 4.79 Å². The van der Waals surface area contributed by atoms with Gasteiger partial charge in [-0.3, -0.25) is 9.78 Å². The van der Waals surface area contributed by atoms with Gasteiger partial charge in [-0.25, -0.2) is 0 Å². The average molecular weight is 346 g/mol. The summed E-state index contributed by atoms with van der Waals surface area (Å²) in [4.78, 5) is 15.2. The van der Waals surface area contributed by atoms with Gasteiger partial charge in [0, 0.05) is 25.9 Å². The Balaban J connectivity index is 1.80. The Morgan fingerprint density at radius 2 is 1.81 bits per heavy atom. The van der Waals surface area contributed by atoms with E-state index in [-0.39, 0.29) is 5.91 Å². The highest BCUT2D eigenvalue weighted by molar-refractivity contribution is 5.73. The van der Waals surface area contributed by atoms with E-state index in [2.05, 4.69) is 22.4 Å². The van der Waals surface area contributed by atoms with Crippen LogP contribution in [0.1, 0.15) is 18.1 Å². The van der Waals surface area contributed by atoms with Crippen molar-refractivity contribution in [2.24, 2.45) is 0 Å². The molecule has 0 aliphatic carbocycles. The lowest BCUT2D eigenvalue weighted by Gasteiger charge is -2.13. The Kier molecular flexibility index (Phi) is 5.99. The summed E-state index contributed by atoms with van der Waals surface area (Å²) in [6, 6.07) is 20.2. The van der Waals surface area contributed by atoms with Gasteiger partial charge in [-0.05, 0) is 52.9 Å². The summed E-state index contributed by atoms with van der Waals surface area (Å²) in [6.07, 6.45) is 4.32. The molecule has 0 atom stereocenters. The molecular formula is C22H22N2O2. The van der Waals surface area contributed by atoms with E-state index in [1.165, 1.54) is 6.92 Å². The fraction of sp³-hybridized carbons (Fsp3) is 0.182. The maximum atomic E-state index is 11.1. The number of benzene rings is 2. The molecular weight excluding hydrogens is 324 g/mol. The molecule has 1 N–H and O–H groups in total. The van der Waals surface area contributed by atoms with Crippen LogP contribution in [0.25, 0.3) is 11.1 Å². The van der Waals surface area contributed by atoms with Gasteiger partial charge in [0.1, 0.15) is 12.4 Å². The molecule has 4 heteroatoms. The van der Waals surface area contributed by atoms with Gasteiger partial charge in [-0.15, -0.1) is 0 Å². The molecule has 2 aromatic carbocycles. The van der Waals surface area contributed by atoms with Crippen LogP contribution in [0.5, 0.6) is 5.75 Å². The lowest BCUT2D eigenvalue weighted by molar-refractivity contribution is -0.118. The van der Waals surface area contributed by atoms with E-state index >= 15 is 0 Å². The van der Waals surface area contributed by atoms with Crippen molar-refractivity contribution in [2.45, 2.75) is 20.0 Å². The van der Waals surface area contributed by atoms with E-state index in [0.29, 0.717) is 13.2 Å². The number of nitrogens with zero attached hydrogens (tertiary/aromatic N) is 1. The molecule has 1 aromatic heterocycles. The summed E-state index contributed by atoms with van der Waals surface area (Å²) in [6.45, 7) is 2.67. The van der Waals surface area contributed by atoms with Crippen molar-refractivity contribution < 1.29 is 9.53 Å². The first-order valence-corrected chi connectivity index (χ1v) is 8.67. The Morgan fingerprint density at radius 3 is 2.54 bits per heavy atom. The van der Waals surface area contributed by atoms with Crippen LogP contribution in [-0.2, 0) is 17.8 Å². The lowest BCUT2D eigenvalue weighted by atomic mass is 9.98. The summed E-state index contributed by atoms with van der Waals surface area (Å²) in [5, 5.41) is 2.85. The Morgan fingerprint density at radius 1 is 1.04 bits per heavy atom. The Labute approximate surface area is 153 Å².